The first kappa shape index (κ1) is 25.0. The number of rotatable bonds is 8. The molecular weight excluding hydrogens is 473 g/mol. The second-order valence-corrected chi connectivity index (χ2v) is 7.76. The van der Waals surface area contributed by atoms with E-state index < -0.39 is 47.1 Å². The van der Waals surface area contributed by atoms with Crippen molar-refractivity contribution in [1.29, 1.82) is 0 Å². The molecule has 7 nitrogen and oxygen atoms in total. The first-order chi connectivity index (χ1) is 15.6. The Morgan fingerprint density at radius 2 is 1.97 bits per heavy atom. The number of aliphatic hydroxyl groups excluding tert-OH is 1. The summed E-state index contributed by atoms with van der Waals surface area (Å²) in [5.41, 5.74) is -1.06. The summed E-state index contributed by atoms with van der Waals surface area (Å²) in [6.07, 6.45) is -3.14. The van der Waals surface area contributed by atoms with Crippen LogP contribution in [0.5, 0.6) is 5.75 Å². The Morgan fingerprint density at radius 1 is 1.30 bits per heavy atom. The van der Waals surface area contributed by atoms with Crippen LogP contribution in [0.4, 0.5) is 22.0 Å². The van der Waals surface area contributed by atoms with E-state index in [1.165, 1.54) is 6.34 Å². The van der Waals surface area contributed by atoms with Crippen LogP contribution in [0.25, 0.3) is 5.57 Å². The Balaban J connectivity index is 2.10. The molecule has 1 aromatic carbocycles. The quantitative estimate of drug-likeness (QED) is 0.326. The molecule has 0 aliphatic carbocycles. The second-order valence-electron chi connectivity index (χ2n) is 7.38. The molecule has 0 saturated heterocycles. The number of aliphatic hydroxyl groups is 1. The number of fused-ring (bicyclic) bond motifs is 1. The first-order valence-electron chi connectivity index (χ1n) is 10.2. The van der Waals surface area contributed by atoms with Crippen LogP contribution in [0.2, 0.25) is 0 Å². The number of alkyl halides is 3. The molecule has 1 aromatic rings. The second kappa shape index (κ2) is 10.1. The molecule has 0 saturated carbocycles. The number of ether oxygens (including phenoxy) is 1. The number of nitrogens with one attached hydrogen (secondary N) is 1. The Kier molecular flexibility index (Phi) is 7.68. The van der Waals surface area contributed by atoms with Crippen LogP contribution in [0, 0.1) is 11.6 Å². The van der Waals surface area contributed by atoms with Crippen LogP contribution in [-0.2, 0) is 0 Å². The van der Waals surface area contributed by atoms with Gasteiger partial charge in [-0.2, -0.15) is 18.3 Å². The maximum absolute atomic E-state index is 15.0. The smallest absolute Gasteiger partial charge is 0.410 e. The van der Waals surface area contributed by atoms with Gasteiger partial charge in [0.25, 0.3) is 0 Å². The maximum Gasteiger partial charge on any atom is 0.410 e. The molecule has 2 heterocycles. The van der Waals surface area contributed by atoms with Gasteiger partial charge in [0.2, 0.25) is 6.29 Å². The molecule has 182 valence electrons. The summed E-state index contributed by atoms with van der Waals surface area (Å²) in [5.74, 6) is -2.78. The molecule has 2 N–H and O–H groups in total. The molecule has 3 rings (SSSR count). The fraction of sp³-hybridized carbons (Fsp3) is 0.500. The Morgan fingerprint density at radius 3 is 2.55 bits per heavy atom. The molecule has 1 unspecified atom stereocenters. The van der Waals surface area contributed by atoms with Gasteiger partial charge in [-0.05, 0) is 13.3 Å². The normalized spacial score (nSPS) is 20.4. The molecule has 0 bridgehead atoms. The molecule has 33 heavy (non-hydrogen) atoms. The average Bonchev–Trinajstić information content (AvgIpc) is 3.11. The van der Waals surface area contributed by atoms with Gasteiger partial charge in [-0.3, -0.25) is 4.99 Å². The summed E-state index contributed by atoms with van der Waals surface area (Å²) < 4.78 is 75.2. The zero-order valence-corrected chi connectivity index (χ0v) is 18.6. The summed E-state index contributed by atoms with van der Waals surface area (Å²) in [5, 5.41) is 16.6. The first-order valence-corrected chi connectivity index (χ1v) is 10.6. The largest absolute Gasteiger partial charge is 0.493 e. The summed E-state index contributed by atoms with van der Waals surface area (Å²) >= 11 is 6.33. The molecule has 2 aliphatic rings. The van der Waals surface area contributed by atoms with Gasteiger partial charge < -0.3 is 20.1 Å². The number of aliphatic imine (C=N–C) groups is 1. The fourth-order valence-corrected chi connectivity index (χ4v) is 3.54. The predicted octanol–water partition coefficient (Wildman–Crippen LogP) is 3.84. The third-order valence-corrected chi connectivity index (χ3v) is 5.19. The number of hydrogen-bond acceptors (Lipinski definition) is 6. The highest BCUT2D eigenvalue weighted by molar-refractivity contribution is 6.40. The number of amidine groups is 1. The van der Waals surface area contributed by atoms with E-state index in [-0.39, 0.29) is 30.5 Å². The van der Waals surface area contributed by atoms with E-state index in [2.05, 4.69) is 15.4 Å². The number of hydrogen-bond donors (Lipinski definition) is 2. The fourth-order valence-electron chi connectivity index (χ4n) is 3.27. The zero-order valence-electron chi connectivity index (χ0n) is 17.8. The van der Waals surface area contributed by atoms with Crippen LogP contribution in [-0.4, -0.2) is 65.5 Å². The van der Waals surface area contributed by atoms with Crippen molar-refractivity contribution in [2.45, 2.75) is 45.2 Å². The van der Waals surface area contributed by atoms with Crippen molar-refractivity contribution >= 4 is 29.3 Å². The molecule has 13 heteroatoms. The van der Waals surface area contributed by atoms with Crippen molar-refractivity contribution in [3.05, 3.63) is 34.5 Å². The Bertz CT molecular complexity index is 946. The lowest BCUT2D eigenvalue weighted by Gasteiger charge is -2.37. The molecule has 2 atom stereocenters. The van der Waals surface area contributed by atoms with Gasteiger partial charge >= 0.3 is 6.18 Å². The predicted molar refractivity (Wildman–Crippen MR) is 114 cm³/mol. The van der Waals surface area contributed by atoms with E-state index >= 15 is 8.78 Å². The lowest BCUT2D eigenvalue weighted by Crippen LogP contribution is -2.55. The number of nitrogens with zero attached hydrogens (tertiary/aromatic N) is 4. The van der Waals surface area contributed by atoms with Crippen molar-refractivity contribution < 1.29 is 31.8 Å². The highest BCUT2D eigenvalue weighted by Gasteiger charge is 2.43. The molecule has 0 fully saturated rings. The maximum atomic E-state index is 15.0. The van der Waals surface area contributed by atoms with Gasteiger partial charge in [0, 0.05) is 31.7 Å². The average molecular weight is 496 g/mol. The molecule has 0 aromatic heterocycles. The minimum atomic E-state index is -4.70. The van der Waals surface area contributed by atoms with Crippen LogP contribution in [0.3, 0.4) is 0 Å². The van der Waals surface area contributed by atoms with E-state index in [0.717, 1.165) is 24.1 Å². The van der Waals surface area contributed by atoms with Gasteiger partial charge in [0.15, 0.2) is 5.84 Å². The number of benzene rings is 1. The van der Waals surface area contributed by atoms with Crippen molar-refractivity contribution in [2.75, 3.05) is 19.8 Å². The van der Waals surface area contributed by atoms with Gasteiger partial charge in [0.05, 0.1) is 17.7 Å². The molecule has 0 spiro atoms. The van der Waals surface area contributed by atoms with Crippen molar-refractivity contribution in [3.63, 3.8) is 0 Å². The third kappa shape index (κ3) is 5.32. The standard InChI is InChI=1S/C20H23ClF5N5O2/c1-3-5-30-10-27-31-18(28-11(2)20(24,25)26)16(17(21)29-19(30)31)15-13(22)8-12(9-14(15)23)33-7-4-6-32/h8-11,19,29,32H,3-7H2,1-2H3/t11-,19?/m0/s1. The highest BCUT2D eigenvalue weighted by atomic mass is 35.5. The topological polar surface area (TPSA) is 72.7 Å². The summed E-state index contributed by atoms with van der Waals surface area (Å²) in [4.78, 5) is 5.40. The Hall–Kier alpha value is -2.60. The van der Waals surface area contributed by atoms with Crippen LogP contribution >= 0.6 is 11.6 Å². The number of halogens is 6. The summed E-state index contributed by atoms with van der Waals surface area (Å²) in [6.45, 7) is 3.08. The third-order valence-electron chi connectivity index (χ3n) is 4.89. The van der Waals surface area contributed by atoms with E-state index in [1.807, 2.05) is 6.92 Å². The van der Waals surface area contributed by atoms with E-state index in [4.69, 9.17) is 21.4 Å². The van der Waals surface area contributed by atoms with Crippen LogP contribution in [0.1, 0.15) is 32.3 Å². The lowest BCUT2D eigenvalue weighted by molar-refractivity contribution is -0.142. The van der Waals surface area contributed by atoms with Gasteiger partial charge in [-0.25, -0.2) is 13.8 Å². The van der Waals surface area contributed by atoms with Gasteiger partial charge in [-0.15, -0.1) is 0 Å². The summed E-state index contributed by atoms with van der Waals surface area (Å²) in [7, 11) is 0. The Labute approximate surface area is 192 Å². The van der Waals surface area contributed by atoms with Gasteiger partial charge in [-0.1, -0.05) is 18.5 Å². The SMILES string of the molecule is CCCN1C=NN2C(=N[C@@H](C)C(F)(F)F)C(c3c(F)cc(OCCCO)cc3F)=C(Cl)NC12. The molecule has 0 radical (unpaired) electrons. The van der Waals surface area contributed by atoms with Crippen LogP contribution in [0.15, 0.2) is 27.4 Å². The lowest BCUT2D eigenvalue weighted by atomic mass is 10.0. The minimum absolute atomic E-state index is 0.0208. The van der Waals surface area contributed by atoms with E-state index in [9.17, 15) is 13.2 Å². The van der Waals surface area contributed by atoms with E-state index in [0.29, 0.717) is 13.0 Å². The zero-order chi connectivity index (χ0) is 24.3. The van der Waals surface area contributed by atoms with E-state index in [1.54, 1.807) is 4.90 Å². The summed E-state index contributed by atoms with van der Waals surface area (Å²) in [6, 6.07) is -0.408. The molecular formula is C20H23ClF5N5O2. The van der Waals surface area contributed by atoms with Crippen molar-refractivity contribution in [2.24, 2.45) is 10.1 Å². The molecule has 0 amide bonds. The van der Waals surface area contributed by atoms with Crippen LogP contribution < -0.4 is 10.1 Å². The van der Waals surface area contributed by atoms with Crippen molar-refractivity contribution in [1.82, 2.24) is 15.2 Å². The van der Waals surface area contributed by atoms with Gasteiger partial charge in [0.1, 0.15) is 34.9 Å². The highest BCUT2D eigenvalue weighted by Crippen LogP contribution is 2.36. The monoisotopic (exact) mass is 495 g/mol. The van der Waals surface area contributed by atoms with Crippen molar-refractivity contribution in [3.8, 4) is 5.75 Å². The molecule has 2 aliphatic heterocycles. The minimum Gasteiger partial charge on any atom is -0.493 e. The number of hydrazone groups is 1.